The van der Waals surface area contributed by atoms with Crippen molar-refractivity contribution in [2.75, 3.05) is 12.0 Å². The van der Waals surface area contributed by atoms with Crippen molar-refractivity contribution >= 4 is 49.9 Å². The quantitative estimate of drug-likeness (QED) is 0.180. The Kier molecular flexibility index (Phi) is 5.17. The molecule has 4 aromatic carbocycles. The van der Waals surface area contributed by atoms with E-state index in [0.29, 0.717) is 33.2 Å². The largest absolute Gasteiger partial charge is 0.495 e. The van der Waals surface area contributed by atoms with Crippen LogP contribution in [0.25, 0.3) is 21.9 Å². The molecule has 34 heavy (non-hydrogen) atoms. The standard InChI is InChI=1S/C26H17BrN2O5/c1-14-12-15(10-11-19(14)27)23-16-6-5-7-17-24(16)18(13-21(23)29(32)33)26(31)28(25(17)30)20-8-3-4-9-22(20)34-2/h3-13H,1-2H3. The second kappa shape index (κ2) is 8.07. The van der Waals surface area contributed by atoms with E-state index in [2.05, 4.69) is 15.9 Å². The molecule has 2 amide bonds. The Labute approximate surface area is 202 Å². The maximum atomic E-state index is 13.6. The van der Waals surface area contributed by atoms with Crippen molar-refractivity contribution in [3.05, 3.63) is 98.0 Å². The van der Waals surface area contributed by atoms with Gasteiger partial charge in [0.05, 0.1) is 28.8 Å². The Balaban J connectivity index is 1.84. The van der Waals surface area contributed by atoms with E-state index in [1.165, 1.54) is 13.2 Å². The molecule has 0 radical (unpaired) electrons. The van der Waals surface area contributed by atoms with Gasteiger partial charge < -0.3 is 4.74 Å². The molecule has 8 heteroatoms. The molecule has 0 fully saturated rings. The van der Waals surface area contributed by atoms with Gasteiger partial charge in [-0.15, -0.1) is 0 Å². The molecule has 4 aromatic rings. The van der Waals surface area contributed by atoms with Gasteiger partial charge >= 0.3 is 0 Å². The normalized spacial score (nSPS) is 12.9. The van der Waals surface area contributed by atoms with Gasteiger partial charge in [0, 0.05) is 21.5 Å². The minimum atomic E-state index is -0.639. The third-order valence-corrected chi connectivity index (χ3v) is 6.87. The number of benzene rings is 4. The molecule has 1 aliphatic rings. The first-order valence-electron chi connectivity index (χ1n) is 10.4. The number of carbonyl (C=O) groups excluding carboxylic acids is 2. The lowest BCUT2D eigenvalue weighted by Crippen LogP contribution is -2.40. The molecule has 0 aliphatic carbocycles. The molecule has 0 saturated carbocycles. The van der Waals surface area contributed by atoms with Gasteiger partial charge in [-0.1, -0.05) is 52.3 Å². The van der Waals surface area contributed by atoms with E-state index in [1.54, 1.807) is 48.5 Å². The molecule has 1 aliphatic heterocycles. The summed E-state index contributed by atoms with van der Waals surface area (Å²) < 4.78 is 6.23. The molecular weight excluding hydrogens is 500 g/mol. The van der Waals surface area contributed by atoms with E-state index in [9.17, 15) is 19.7 Å². The van der Waals surface area contributed by atoms with Crippen LogP contribution in [-0.4, -0.2) is 23.8 Å². The van der Waals surface area contributed by atoms with Crippen molar-refractivity contribution < 1.29 is 19.2 Å². The summed E-state index contributed by atoms with van der Waals surface area (Å²) >= 11 is 3.46. The summed E-state index contributed by atoms with van der Waals surface area (Å²) in [6, 6.07) is 18.4. The molecular formula is C26H17BrN2O5. The fourth-order valence-electron chi connectivity index (χ4n) is 4.43. The van der Waals surface area contributed by atoms with Gasteiger partial charge in [-0.2, -0.15) is 0 Å². The van der Waals surface area contributed by atoms with Crippen LogP contribution in [0.15, 0.2) is 71.2 Å². The Morgan fingerprint density at radius 1 is 0.941 bits per heavy atom. The van der Waals surface area contributed by atoms with Crippen LogP contribution in [-0.2, 0) is 0 Å². The zero-order valence-electron chi connectivity index (χ0n) is 18.2. The topological polar surface area (TPSA) is 89.8 Å². The molecule has 5 rings (SSSR count). The number of para-hydroxylation sites is 2. The minimum absolute atomic E-state index is 0.0976. The van der Waals surface area contributed by atoms with E-state index < -0.39 is 16.7 Å². The van der Waals surface area contributed by atoms with Crippen LogP contribution in [0.2, 0.25) is 0 Å². The van der Waals surface area contributed by atoms with Crippen molar-refractivity contribution in [3.8, 4) is 16.9 Å². The Morgan fingerprint density at radius 2 is 1.68 bits per heavy atom. The Morgan fingerprint density at radius 3 is 2.38 bits per heavy atom. The third kappa shape index (κ3) is 3.18. The molecule has 0 bridgehead atoms. The fourth-order valence-corrected chi connectivity index (χ4v) is 4.68. The summed E-state index contributed by atoms with van der Waals surface area (Å²) in [6.07, 6.45) is 0. The highest BCUT2D eigenvalue weighted by Crippen LogP contribution is 2.44. The van der Waals surface area contributed by atoms with Crippen LogP contribution >= 0.6 is 15.9 Å². The average molecular weight is 517 g/mol. The van der Waals surface area contributed by atoms with Gasteiger partial charge in [-0.3, -0.25) is 19.7 Å². The summed E-state index contributed by atoms with van der Waals surface area (Å²) in [5, 5.41) is 13.1. The van der Waals surface area contributed by atoms with Crippen LogP contribution in [0.1, 0.15) is 26.3 Å². The number of ether oxygens (including phenoxy) is 1. The number of anilines is 1. The van der Waals surface area contributed by atoms with Crippen molar-refractivity contribution in [1.29, 1.82) is 0 Å². The van der Waals surface area contributed by atoms with Crippen molar-refractivity contribution in [2.24, 2.45) is 0 Å². The number of methoxy groups -OCH3 is 1. The average Bonchev–Trinajstić information content (AvgIpc) is 2.84. The Bertz CT molecular complexity index is 1550. The SMILES string of the molecule is COc1ccccc1N1C(=O)c2cccc3c(-c4ccc(Br)c(C)c4)c([N+](=O)[O-])cc(c23)C1=O. The number of carbonyl (C=O) groups is 2. The smallest absolute Gasteiger partial charge is 0.278 e. The van der Waals surface area contributed by atoms with Gasteiger partial charge in [-0.25, -0.2) is 4.90 Å². The van der Waals surface area contributed by atoms with E-state index in [1.807, 2.05) is 19.1 Å². The summed E-state index contributed by atoms with van der Waals surface area (Å²) in [6.45, 7) is 1.89. The highest BCUT2D eigenvalue weighted by atomic mass is 79.9. The Hall–Kier alpha value is -4.04. The number of nitrogens with zero attached hydrogens (tertiary/aromatic N) is 2. The summed E-state index contributed by atoms with van der Waals surface area (Å²) in [4.78, 5) is 39.9. The number of nitro benzene ring substituents is 1. The van der Waals surface area contributed by atoms with Crippen LogP contribution in [0, 0.1) is 17.0 Å². The van der Waals surface area contributed by atoms with Gasteiger partial charge in [-0.05, 0) is 47.7 Å². The number of nitro groups is 1. The number of aryl methyl sites for hydroxylation is 1. The maximum Gasteiger partial charge on any atom is 0.278 e. The summed E-state index contributed by atoms with van der Waals surface area (Å²) in [7, 11) is 1.45. The summed E-state index contributed by atoms with van der Waals surface area (Å²) in [5.41, 5.74) is 2.36. The van der Waals surface area contributed by atoms with Crippen molar-refractivity contribution in [2.45, 2.75) is 6.92 Å². The maximum absolute atomic E-state index is 13.6. The zero-order valence-corrected chi connectivity index (χ0v) is 19.8. The number of hydrogen-bond donors (Lipinski definition) is 0. The molecule has 0 saturated heterocycles. The first-order valence-corrected chi connectivity index (χ1v) is 11.1. The van der Waals surface area contributed by atoms with Gasteiger partial charge in [0.25, 0.3) is 17.5 Å². The molecule has 168 valence electrons. The second-order valence-electron chi connectivity index (χ2n) is 7.89. The van der Waals surface area contributed by atoms with Crippen LogP contribution in [0.5, 0.6) is 5.75 Å². The molecule has 0 unspecified atom stereocenters. The minimum Gasteiger partial charge on any atom is -0.495 e. The molecule has 0 N–H and O–H groups in total. The number of imide groups is 1. The lowest BCUT2D eigenvalue weighted by atomic mass is 9.87. The molecule has 1 heterocycles. The van der Waals surface area contributed by atoms with Crippen LogP contribution in [0.3, 0.4) is 0 Å². The lowest BCUT2D eigenvalue weighted by Gasteiger charge is -2.28. The first kappa shape index (κ1) is 21.8. The molecule has 0 atom stereocenters. The lowest BCUT2D eigenvalue weighted by molar-refractivity contribution is -0.384. The fraction of sp³-hybridized carbons (Fsp3) is 0.0769. The number of hydrogen-bond acceptors (Lipinski definition) is 5. The van der Waals surface area contributed by atoms with Gasteiger partial charge in [0.2, 0.25) is 0 Å². The van der Waals surface area contributed by atoms with Crippen LogP contribution < -0.4 is 9.64 Å². The van der Waals surface area contributed by atoms with E-state index in [4.69, 9.17) is 4.74 Å². The summed E-state index contributed by atoms with van der Waals surface area (Å²) in [5.74, 6) is -0.810. The monoisotopic (exact) mass is 516 g/mol. The predicted molar refractivity (Wildman–Crippen MR) is 133 cm³/mol. The number of halogens is 1. The predicted octanol–water partition coefficient (Wildman–Crippen LogP) is 6.30. The van der Waals surface area contributed by atoms with E-state index >= 15 is 0 Å². The number of rotatable bonds is 4. The first-order chi connectivity index (χ1) is 16.3. The van der Waals surface area contributed by atoms with E-state index in [0.717, 1.165) is 14.9 Å². The highest BCUT2D eigenvalue weighted by Gasteiger charge is 2.38. The third-order valence-electron chi connectivity index (χ3n) is 5.98. The van der Waals surface area contributed by atoms with Gasteiger partial charge in [0.15, 0.2) is 0 Å². The number of amides is 2. The van der Waals surface area contributed by atoms with Crippen molar-refractivity contribution in [1.82, 2.24) is 0 Å². The van der Waals surface area contributed by atoms with Crippen molar-refractivity contribution in [3.63, 3.8) is 0 Å². The molecule has 0 aromatic heterocycles. The molecule has 0 spiro atoms. The molecule has 7 nitrogen and oxygen atoms in total. The highest BCUT2D eigenvalue weighted by molar-refractivity contribution is 9.10. The van der Waals surface area contributed by atoms with Gasteiger partial charge in [0.1, 0.15) is 5.75 Å². The zero-order chi connectivity index (χ0) is 24.1. The van der Waals surface area contributed by atoms with E-state index in [-0.39, 0.29) is 16.9 Å². The van der Waals surface area contributed by atoms with Crippen LogP contribution in [0.4, 0.5) is 11.4 Å². The second-order valence-corrected chi connectivity index (χ2v) is 8.74.